The Labute approximate surface area is 243 Å². The smallest absolute Gasteiger partial charge is 0.341 e. The van der Waals surface area contributed by atoms with Crippen LogP contribution < -0.4 is 10.2 Å². The third kappa shape index (κ3) is 5.16. The number of benzene rings is 2. The van der Waals surface area contributed by atoms with Crippen LogP contribution >= 0.6 is 23.7 Å². The van der Waals surface area contributed by atoms with Gasteiger partial charge in [0, 0.05) is 37.4 Å². The fourth-order valence-corrected chi connectivity index (χ4v) is 5.76. The highest BCUT2D eigenvalue weighted by atomic mass is 35.5. The summed E-state index contributed by atoms with van der Waals surface area (Å²) in [5.74, 6) is -4.62. The molecule has 2 aromatic carbocycles. The van der Waals surface area contributed by atoms with Gasteiger partial charge < -0.3 is 15.0 Å². The summed E-state index contributed by atoms with van der Waals surface area (Å²) in [6.45, 7) is 5.07. The number of aromatic amines is 1. The van der Waals surface area contributed by atoms with E-state index in [0.717, 1.165) is 42.8 Å². The summed E-state index contributed by atoms with van der Waals surface area (Å²) in [4.78, 5) is 21.1. The summed E-state index contributed by atoms with van der Waals surface area (Å²) >= 11 is 1.46. The molecule has 0 bridgehead atoms. The number of hydrogen-bond acceptors (Lipinski definition) is 7. The SMILES string of the molecule is CCOC(=O)c1c(-c2c(F)ccc(F)c2F)nc2n[nH]c(-c3cccs3)c2c1-c1ccc(N2CCNCC2)cc1.Cl. The molecule has 7 nitrogen and oxygen atoms in total. The average molecular weight is 600 g/mol. The molecule has 0 amide bonds. The van der Waals surface area contributed by atoms with Crippen LogP contribution in [0.1, 0.15) is 17.3 Å². The number of esters is 1. The first-order valence-electron chi connectivity index (χ1n) is 12.8. The number of nitrogens with zero attached hydrogens (tertiary/aromatic N) is 3. The number of aromatic nitrogens is 3. The summed E-state index contributed by atoms with van der Waals surface area (Å²) in [6.07, 6.45) is 0. The number of piperazine rings is 1. The van der Waals surface area contributed by atoms with E-state index in [1.54, 1.807) is 6.92 Å². The van der Waals surface area contributed by atoms with Gasteiger partial charge in [-0.15, -0.1) is 23.7 Å². The number of pyridine rings is 1. The topological polar surface area (TPSA) is 83.1 Å². The molecule has 0 atom stereocenters. The lowest BCUT2D eigenvalue weighted by Crippen LogP contribution is -2.43. The second-order valence-electron chi connectivity index (χ2n) is 9.21. The van der Waals surface area contributed by atoms with E-state index in [-0.39, 0.29) is 35.9 Å². The van der Waals surface area contributed by atoms with Crippen molar-refractivity contribution in [2.45, 2.75) is 6.92 Å². The molecule has 2 N–H and O–H groups in total. The van der Waals surface area contributed by atoms with Crippen molar-refractivity contribution in [3.05, 3.63) is 76.9 Å². The van der Waals surface area contributed by atoms with Gasteiger partial charge in [-0.1, -0.05) is 18.2 Å². The van der Waals surface area contributed by atoms with Crippen molar-refractivity contribution in [2.24, 2.45) is 0 Å². The standard InChI is InChI=1S/C29H24F3N5O2S.ClH/c1-2-39-29(38)24-21(16-5-7-17(8-6-16)37-13-11-33-12-14-37)23-26(20-4-3-15-40-20)35-36-28(23)34-27(24)22-18(30)9-10-19(31)25(22)32;/h3-10,15,33H,2,11-14H2,1H3,(H,34,35,36);1H. The van der Waals surface area contributed by atoms with E-state index in [2.05, 4.69) is 25.4 Å². The first-order chi connectivity index (χ1) is 19.5. The number of thiophene rings is 1. The van der Waals surface area contributed by atoms with Crippen LogP contribution in [0.5, 0.6) is 0 Å². The van der Waals surface area contributed by atoms with Gasteiger partial charge in [-0.25, -0.2) is 22.9 Å². The van der Waals surface area contributed by atoms with E-state index in [4.69, 9.17) is 4.74 Å². The van der Waals surface area contributed by atoms with Gasteiger partial charge in [0.25, 0.3) is 0 Å². The molecule has 1 saturated heterocycles. The molecule has 0 spiro atoms. The number of fused-ring (bicyclic) bond motifs is 1. The number of halogens is 4. The van der Waals surface area contributed by atoms with E-state index >= 15 is 8.78 Å². The van der Waals surface area contributed by atoms with Crippen molar-refractivity contribution in [2.75, 3.05) is 37.7 Å². The molecule has 12 heteroatoms. The molecule has 212 valence electrons. The van der Waals surface area contributed by atoms with Crippen molar-refractivity contribution >= 4 is 46.4 Å². The summed E-state index contributed by atoms with van der Waals surface area (Å²) in [7, 11) is 0. The number of H-pyrrole nitrogens is 1. The van der Waals surface area contributed by atoms with E-state index in [1.807, 2.05) is 41.8 Å². The molecule has 5 aromatic rings. The average Bonchev–Trinajstić information content (AvgIpc) is 3.65. The lowest BCUT2D eigenvalue weighted by atomic mass is 9.91. The number of carbonyl (C=O) groups excluding carboxylic acids is 1. The van der Waals surface area contributed by atoms with E-state index in [9.17, 15) is 9.18 Å². The van der Waals surface area contributed by atoms with Crippen LogP contribution in [0.2, 0.25) is 0 Å². The fraction of sp³-hybridized carbons (Fsp3) is 0.207. The maximum atomic E-state index is 15.2. The zero-order valence-corrected chi connectivity index (χ0v) is 23.5. The Morgan fingerprint density at radius 2 is 1.76 bits per heavy atom. The van der Waals surface area contributed by atoms with E-state index in [1.165, 1.54) is 11.3 Å². The molecule has 1 aliphatic rings. The number of ether oxygens (including phenoxy) is 1. The minimum absolute atomic E-state index is 0. The van der Waals surface area contributed by atoms with Crippen LogP contribution in [-0.4, -0.2) is 53.9 Å². The van der Waals surface area contributed by atoms with Crippen LogP contribution in [0.4, 0.5) is 18.9 Å². The van der Waals surface area contributed by atoms with Gasteiger partial charge in [-0.3, -0.25) is 5.10 Å². The Morgan fingerprint density at radius 3 is 2.44 bits per heavy atom. The zero-order chi connectivity index (χ0) is 27.8. The van der Waals surface area contributed by atoms with Gasteiger partial charge in [0.2, 0.25) is 0 Å². The molecule has 6 rings (SSSR count). The maximum Gasteiger partial charge on any atom is 0.341 e. The third-order valence-electron chi connectivity index (χ3n) is 6.87. The number of hydrogen-bond donors (Lipinski definition) is 2. The summed E-state index contributed by atoms with van der Waals surface area (Å²) < 4.78 is 50.0. The Hall–Kier alpha value is -3.93. The highest BCUT2D eigenvalue weighted by Gasteiger charge is 2.31. The van der Waals surface area contributed by atoms with Crippen LogP contribution in [0, 0.1) is 17.5 Å². The van der Waals surface area contributed by atoms with Crippen LogP contribution in [-0.2, 0) is 4.74 Å². The predicted octanol–water partition coefficient (Wildman–Crippen LogP) is 6.45. The Balaban J connectivity index is 0.00000337. The van der Waals surface area contributed by atoms with Crippen molar-refractivity contribution in [1.29, 1.82) is 0 Å². The lowest BCUT2D eigenvalue weighted by molar-refractivity contribution is 0.0528. The molecule has 0 radical (unpaired) electrons. The van der Waals surface area contributed by atoms with Gasteiger partial charge in [-0.2, -0.15) is 5.10 Å². The van der Waals surface area contributed by atoms with Crippen molar-refractivity contribution in [3.8, 4) is 33.0 Å². The van der Waals surface area contributed by atoms with Crippen molar-refractivity contribution < 1.29 is 22.7 Å². The number of anilines is 1. The Morgan fingerprint density at radius 1 is 1.02 bits per heavy atom. The van der Waals surface area contributed by atoms with Crippen molar-refractivity contribution in [1.82, 2.24) is 20.5 Å². The molecule has 3 aromatic heterocycles. The monoisotopic (exact) mass is 599 g/mol. The summed E-state index contributed by atoms with van der Waals surface area (Å²) in [5.41, 5.74) is 1.33. The minimum atomic E-state index is -1.45. The largest absolute Gasteiger partial charge is 0.462 e. The zero-order valence-electron chi connectivity index (χ0n) is 21.8. The van der Waals surface area contributed by atoms with Crippen LogP contribution in [0.15, 0.2) is 53.9 Å². The Bertz CT molecular complexity index is 1700. The van der Waals surface area contributed by atoms with E-state index < -0.39 is 29.0 Å². The molecular formula is C29H25ClF3N5O2S. The molecule has 4 heterocycles. The molecule has 0 aliphatic carbocycles. The number of carbonyl (C=O) groups is 1. The molecule has 1 aliphatic heterocycles. The fourth-order valence-electron chi connectivity index (χ4n) is 5.03. The van der Waals surface area contributed by atoms with Gasteiger partial charge >= 0.3 is 5.97 Å². The van der Waals surface area contributed by atoms with Crippen LogP contribution in [0.3, 0.4) is 0 Å². The van der Waals surface area contributed by atoms with Crippen molar-refractivity contribution in [3.63, 3.8) is 0 Å². The molecule has 41 heavy (non-hydrogen) atoms. The molecule has 0 saturated carbocycles. The molecule has 0 unspecified atom stereocenters. The quantitative estimate of drug-likeness (QED) is 0.173. The van der Waals surface area contributed by atoms with Gasteiger partial charge in [0.15, 0.2) is 17.3 Å². The van der Waals surface area contributed by atoms with Crippen LogP contribution in [0.25, 0.3) is 44.0 Å². The first-order valence-corrected chi connectivity index (χ1v) is 13.7. The molecule has 1 fully saturated rings. The van der Waals surface area contributed by atoms with Gasteiger partial charge in [0.05, 0.1) is 39.4 Å². The summed E-state index contributed by atoms with van der Waals surface area (Å²) in [6, 6.07) is 12.8. The second-order valence-corrected chi connectivity index (χ2v) is 10.2. The summed E-state index contributed by atoms with van der Waals surface area (Å²) in [5, 5.41) is 13.0. The van der Waals surface area contributed by atoms with Gasteiger partial charge in [0.1, 0.15) is 5.82 Å². The number of nitrogens with one attached hydrogen (secondary N) is 2. The maximum absolute atomic E-state index is 15.2. The van der Waals surface area contributed by atoms with E-state index in [0.29, 0.717) is 28.3 Å². The molecular weight excluding hydrogens is 575 g/mol. The highest BCUT2D eigenvalue weighted by molar-refractivity contribution is 7.13. The first kappa shape index (κ1) is 28.6. The highest BCUT2D eigenvalue weighted by Crippen LogP contribution is 2.43. The normalized spacial score (nSPS) is 13.3. The minimum Gasteiger partial charge on any atom is -0.462 e. The van der Waals surface area contributed by atoms with Gasteiger partial charge in [-0.05, 0) is 48.2 Å². The third-order valence-corrected chi connectivity index (χ3v) is 7.76. The lowest BCUT2D eigenvalue weighted by Gasteiger charge is -2.29. The number of rotatable bonds is 6. The predicted molar refractivity (Wildman–Crippen MR) is 156 cm³/mol. The Kier molecular flexibility index (Phi) is 8.30. The second kappa shape index (κ2) is 11.9.